The van der Waals surface area contributed by atoms with Crippen molar-refractivity contribution >= 4 is 48.6 Å². The summed E-state index contributed by atoms with van der Waals surface area (Å²) >= 11 is 3.63. The van der Waals surface area contributed by atoms with E-state index in [0.29, 0.717) is 5.95 Å². The molecule has 6 aromatic rings. The minimum Gasteiger partial charge on any atom is -0.278 e. The molecular formula is C26H16BrN3. The molecule has 4 aromatic carbocycles. The zero-order chi connectivity index (χ0) is 20.1. The summed E-state index contributed by atoms with van der Waals surface area (Å²) in [5.74, 6) is 0.678. The quantitative estimate of drug-likeness (QED) is 0.280. The van der Waals surface area contributed by atoms with E-state index in [4.69, 9.17) is 9.97 Å². The van der Waals surface area contributed by atoms with Crippen molar-refractivity contribution in [3.8, 4) is 17.2 Å². The molecule has 4 heteroatoms. The summed E-state index contributed by atoms with van der Waals surface area (Å²) in [6, 6.07) is 33.3. The van der Waals surface area contributed by atoms with E-state index in [0.717, 1.165) is 37.7 Å². The lowest BCUT2D eigenvalue weighted by Crippen LogP contribution is -2.03. The van der Waals surface area contributed by atoms with Gasteiger partial charge < -0.3 is 0 Å². The maximum atomic E-state index is 5.08. The van der Waals surface area contributed by atoms with Gasteiger partial charge in [0.25, 0.3) is 0 Å². The second-order valence-corrected chi connectivity index (χ2v) is 8.19. The van der Waals surface area contributed by atoms with Crippen LogP contribution in [0.15, 0.2) is 102 Å². The molecule has 0 radical (unpaired) electrons. The summed E-state index contributed by atoms with van der Waals surface area (Å²) < 4.78 is 3.19. The number of aromatic nitrogens is 3. The average molecular weight is 450 g/mol. The number of fused-ring (bicyclic) bond motifs is 4. The lowest BCUT2D eigenvalue weighted by atomic mass is 10.1. The third kappa shape index (κ3) is 2.65. The summed E-state index contributed by atoms with van der Waals surface area (Å²) in [5, 5.41) is 3.43. The third-order valence-electron chi connectivity index (χ3n) is 5.47. The topological polar surface area (TPSA) is 30.7 Å². The summed E-state index contributed by atoms with van der Waals surface area (Å²) in [7, 11) is 0. The minimum atomic E-state index is 0.678. The summed E-state index contributed by atoms with van der Waals surface area (Å²) in [6.45, 7) is 0. The Hall–Kier alpha value is -3.50. The van der Waals surface area contributed by atoms with Gasteiger partial charge in [0.15, 0.2) is 0 Å². The highest BCUT2D eigenvalue weighted by Crippen LogP contribution is 2.34. The molecule has 0 aliphatic carbocycles. The second kappa shape index (κ2) is 6.78. The summed E-state index contributed by atoms with van der Waals surface area (Å²) in [4.78, 5) is 10.1. The smallest absolute Gasteiger partial charge is 0.235 e. The molecule has 3 nitrogen and oxygen atoms in total. The largest absolute Gasteiger partial charge is 0.278 e. The SMILES string of the molecule is Brc1ccc2c3ccccc3n(-c3nc(-c4ccccc4)c4ccccc4n3)c2c1. The van der Waals surface area contributed by atoms with Crippen molar-refractivity contribution in [1.29, 1.82) is 0 Å². The van der Waals surface area contributed by atoms with Crippen LogP contribution in [0.25, 0.3) is 49.9 Å². The van der Waals surface area contributed by atoms with Gasteiger partial charge in [-0.2, -0.15) is 0 Å². The molecule has 0 saturated carbocycles. The number of halogens is 1. The standard InChI is InChI=1S/C26H16BrN3/c27-18-14-15-20-19-10-5-7-13-23(19)30(24(20)16-18)26-28-22-12-6-4-11-21(22)25(29-26)17-8-2-1-3-9-17/h1-16H. The zero-order valence-corrected chi connectivity index (χ0v) is 17.5. The van der Waals surface area contributed by atoms with E-state index in [1.54, 1.807) is 0 Å². The number of hydrogen-bond acceptors (Lipinski definition) is 2. The highest BCUT2D eigenvalue weighted by atomic mass is 79.9. The van der Waals surface area contributed by atoms with Crippen molar-refractivity contribution in [2.45, 2.75) is 0 Å². The molecule has 2 aromatic heterocycles. The first-order valence-corrected chi connectivity index (χ1v) is 10.6. The predicted octanol–water partition coefficient (Wildman–Crippen LogP) is 7.16. The Kier molecular flexibility index (Phi) is 3.93. The van der Waals surface area contributed by atoms with Gasteiger partial charge in [0, 0.05) is 26.2 Å². The first kappa shape index (κ1) is 17.4. The number of para-hydroxylation sites is 2. The van der Waals surface area contributed by atoms with Crippen LogP contribution in [0.3, 0.4) is 0 Å². The molecule has 0 fully saturated rings. The Bertz CT molecular complexity index is 1550. The zero-order valence-electron chi connectivity index (χ0n) is 16.0. The third-order valence-corrected chi connectivity index (χ3v) is 5.97. The molecular weight excluding hydrogens is 434 g/mol. The van der Waals surface area contributed by atoms with E-state index in [1.807, 2.05) is 30.3 Å². The van der Waals surface area contributed by atoms with E-state index >= 15 is 0 Å². The highest BCUT2D eigenvalue weighted by molar-refractivity contribution is 9.10. The molecule has 0 atom stereocenters. The minimum absolute atomic E-state index is 0.678. The van der Waals surface area contributed by atoms with Gasteiger partial charge in [0.2, 0.25) is 5.95 Å². The maximum absolute atomic E-state index is 5.08. The van der Waals surface area contributed by atoms with Gasteiger partial charge in [0.1, 0.15) is 0 Å². The van der Waals surface area contributed by atoms with Crippen molar-refractivity contribution in [3.05, 3.63) is 102 Å². The van der Waals surface area contributed by atoms with Crippen molar-refractivity contribution < 1.29 is 0 Å². The van der Waals surface area contributed by atoms with Gasteiger partial charge in [-0.1, -0.05) is 88.7 Å². The van der Waals surface area contributed by atoms with E-state index in [2.05, 4.69) is 87.2 Å². The van der Waals surface area contributed by atoms with Gasteiger partial charge in [-0.15, -0.1) is 0 Å². The fourth-order valence-corrected chi connectivity index (χ4v) is 4.49. The molecule has 2 heterocycles. The monoisotopic (exact) mass is 449 g/mol. The summed E-state index contributed by atoms with van der Waals surface area (Å²) in [5.41, 5.74) is 5.14. The van der Waals surface area contributed by atoms with Gasteiger partial charge in [0.05, 0.1) is 22.2 Å². The molecule has 0 unspecified atom stereocenters. The maximum Gasteiger partial charge on any atom is 0.235 e. The number of benzene rings is 4. The van der Waals surface area contributed by atoms with Crippen LogP contribution in [0.4, 0.5) is 0 Å². The lowest BCUT2D eigenvalue weighted by Gasteiger charge is -2.11. The van der Waals surface area contributed by atoms with E-state index < -0.39 is 0 Å². The van der Waals surface area contributed by atoms with Crippen LogP contribution < -0.4 is 0 Å². The lowest BCUT2D eigenvalue weighted by molar-refractivity contribution is 1.01. The number of hydrogen-bond donors (Lipinski definition) is 0. The normalized spacial score (nSPS) is 11.5. The van der Waals surface area contributed by atoms with Crippen LogP contribution in [0.5, 0.6) is 0 Å². The van der Waals surface area contributed by atoms with Crippen molar-refractivity contribution in [3.63, 3.8) is 0 Å². The first-order valence-electron chi connectivity index (χ1n) is 9.81. The van der Waals surface area contributed by atoms with E-state index in [-0.39, 0.29) is 0 Å². The van der Waals surface area contributed by atoms with Gasteiger partial charge >= 0.3 is 0 Å². The van der Waals surface area contributed by atoms with Crippen LogP contribution in [0.1, 0.15) is 0 Å². The van der Waals surface area contributed by atoms with Crippen molar-refractivity contribution in [2.75, 3.05) is 0 Å². The van der Waals surface area contributed by atoms with Crippen LogP contribution in [0.2, 0.25) is 0 Å². The Morgan fingerprint density at radius 2 is 1.30 bits per heavy atom. The average Bonchev–Trinajstić information content (AvgIpc) is 3.12. The number of rotatable bonds is 2. The molecule has 0 spiro atoms. The highest BCUT2D eigenvalue weighted by Gasteiger charge is 2.16. The molecule has 0 saturated heterocycles. The first-order chi connectivity index (χ1) is 14.8. The van der Waals surface area contributed by atoms with E-state index in [9.17, 15) is 0 Å². The van der Waals surface area contributed by atoms with Gasteiger partial charge in [-0.3, -0.25) is 4.57 Å². The summed E-state index contributed by atoms with van der Waals surface area (Å²) in [6.07, 6.45) is 0. The van der Waals surface area contributed by atoms with Gasteiger partial charge in [-0.25, -0.2) is 9.97 Å². The fourth-order valence-electron chi connectivity index (χ4n) is 4.14. The fraction of sp³-hybridized carbons (Fsp3) is 0. The Morgan fingerprint density at radius 1 is 0.600 bits per heavy atom. The van der Waals surface area contributed by atoms with E-state index in [1.165, 1.54) is 10.8 Å². The van der Waals surface area contributed by atoms with Crippen LogP contribution >= 0.6 is 15.9 Å². The van der Waals surface area contributed by atoms with Crippen molar-refractivity contribution in [1.82, 2.24) is 14.5 Å². The van der Waals surface area contributed by atoms with Gasteiger partial charge in [-0.05, 0) is 24.3 Å². The second-order valence-electron chi connectivity index (χ2n) is 7.27. The Balaban J connectivity index is 1.76. The van der Waals surface area contributed by atoms with Crippen LogP contribution in [-0.2, 0) is 0 Å². The van der Waals surface area contributed by atoms with Crippen molar-refractivity contribution in [2.24, 2.45) is 0 Å². The molecule has 0 aliphatic rings. The molecule has 30 heavy (non-hydrogen) atoms. The molecule has 0 amide bonds. The van der Waals surface area contributed by atoms with Crippen LogP contribution in [-0.4, -0.2) is 14.5 Å². The van der Waals surface area contributed by atoms with Crippen LogP contribution in [0, 0.1) is 0 Å². The number of nitrogens with zero attached hydrogens (tertiary/aromatic N) is 3. The molecule has 142 valence electrons. The molecule has 6 rings (SSSR count). The Morgan fingerprint density at radius 3 is 2.17 bits per heavy atom. The Labute approximate surface area is 181 Å². The predicted molar refractivity (Wildman–Crippen MR) is 127 cm³/mol. The molecule has 0 aliphatic heterocycles. The molecule has 0 N–H and O–H groups in total. The molecule has 0 bridgehead atoms.